The molecule has 0 spiro atoms. The molecule has 0 saturated carbocycles. The molecule has 0 atom stereocenters. The van der Waals surface area contributed by atoms with Crippen LogP contribution in [0.2, 0.25) is 10.0 Å². The van der Waals surface area contributed by atoms with E-state index < -0.39 is 0 Å². The molecule has 0 fully saturated rings. The van der Waals surface area contributed by atoms with Gasteiger partial charge < -0.3 is 16.0 Å². The quantitative estimate of drug-likeness (QED) is 0.717. The fraction of sp³-hybridized carbons (Fsp3) is 0.222. The van der Waals surface area contributed by atoms with Gasteiger partial charge in [0, 0.05) is 33.9 Å². The number of urea groups is 1. The van der Waals surface area contributed by atoms with E-state index in [0.717, 1.165) is 5.56 Å². The lowest BCUT2D eigenvalue weighted by molar-refractivity contribution is 0.0943. The van der Waals surface area contributed by atoms with E-state index in [1.807, 2.05) is 13.8 Å². The van der Waals surface area contributed by atoms with Crippen LogP contribution < -0.4 is 16.0 Å². The number of carbonyl (C=O) groups is 2. The lowest BCUT2D eigenvalue weighted by atomic mass is 10.2. The standard InChI is InChI=1S/C18H19Cl2N3O2/c1-11(2)22-17(24)12-4-7-15(8-5-12)23-18(25)21-10-13-3-6-14(19)9-16(13)20/h3-9,11H,10H2,1-2H3,(H,22,24)(H2,21,23,25). The van der Waals surface area contributed by atoms with Gasteiger partial charge in [-0.1, -0.05) is 29.3 Å². The minimum Gasteiger partial charge on any atom is -0.350 e. The van der Waals surface area contributed by atoms with Crippen molar-refractivity contribution in [3.63, 3.8) is 0 Å². The third-order valence-corrected chi connectivity index (χ3v) is 3.87. The van der Waals surface area contributed by atoms with Gasteiger partial charge in [0.25, 0.3) is 5.91 Å². The molecule has 0 bridgehead atoms. The first kappa shape index (κ1) is 19.1. The Balaban J connectivity index is 1.89. The summed E-state index contributed by atoms with van der Waals surface area (Å²) in [5.74, 6) is -0.150. The van der Waals surface area contributed by atoms with Crippen molar-refractivity contribution < 1.29 is 9.59 Å². The van der Waals surface area contributed by atoms with Gasteiger partial charge in [-0.2, -0.15) is 0 Å². The predicted octanol–water partition coefficient (Wildman–Crippen LogP) is 4.45. The summed E-state index contributed by atoms with van der Waals surface area (Å²) < 4.78 is 0. The summed E-state index contributed by atoms with van der Waals surface area (Å²) >= 11 is 11.9. The molecule has 0 unspecified atom stereocenters. The van der Waals surface area contributed by atoms with Gasteiger partial charge >= 0.3 is 6.03 Å². The maximum absolute atomic E-state index is 12.0. The highest BCUT2D eigenvalue weighted by molar-refractivity contribution is 6.35. The average Bonchev–Trinajstić information content (AvgIpc) is 2.54. The van der Waals surface area contributed by atoms with Crippen molar-refractivity contribution in [2.45, 2.75) is 26.4 Å². The van der Waals surface area contributed by atoms with Crippen LogP contribution in [0.3, 0.4) is 0 Å². The van der Waals surface area contributed by atoms with E-state index in [9.17, 15) is 9.59 Å². The van der Waals surface area contributed by atoms with Crippen LogP contribution in [-0.4, -0.2) is 18.0 Å². The van der Waals surface area contributed by atoms with Crippen LogP contribution in [0, 0.1) is 0 Å². The Hall–Kier alpha value is -2.24. The molecule has 0 aliphatic carbocycles. The molecule has 3 amide bonds. The fourth-order valence-corrected chi connectivity index (χ4v) is 2.54. The number of benzene rings is 2. The molecular formula is C18H19Cl2N3O2. The number of halogens is 2. The topological polar surface area (TPSA) is 70.2 Å². The van der Waals surface area contributed by atoms with E-state index in [4.69, 9.17) is 23.2 Å². The first-order valence-electron chi connectivity index (χ1n) is 7.75. The van der Waals surface area contributed by atoms with E-state index in [0.29, 0.717) is 21.3 Å². The fourth-order valence-electron chi connectivity index (χ4n) is 2.07. The van der Waals surface area contributed by atoms with Gasteiger partial charge in [-0.05, 0) is 55.8 Å². The van der Waals surface area contributed by atoms with Crippen molar-refractivity contribution in [3.05, 3.63) is 63.6 Å². The minimum atomic E-state index is -0.370. The third kappa shape index (κ3) is 5.96. The Morgan fingerprint density at radius 1 is 1.04 bits per heavy atom. The lowest BCUT2D eigenvalue weighted by Crippen LogP contribution is -2.30. The molecule has 0 heterocycles. The van der Waals surface area contributed by atoms with Crippen LogP contribution in [0.4, 0.5) is 10.5 Å². The van der Waals surface area contributed by atoms with Crippen molar-refractivity contribution in [1.82, 2.24) is 10.6 Å². The van der Waals surface area contributed by atoms with Crippen LogP contribution in [0.15, 0.2) is 42.5 Å². The summed E-state index contributed by atoms with van der Waals surface area (Å²) in [6.07, 6.45) is 0. The second-order valence-corrected chi connectivity index (χ2v) is 6.59. The first-order valence-corrected chi connectivity index (χ1v) is 8.50. The van der Waals surface area contributed by atoms with Gasteiger partial charge in [-0.3, -0.25) is 4.79 Å². The monoisotopic (exact) mass is 379 g/mol. The Kier molecular flexibility index (Phi) is 6.67. The smallest absolute Gasteiger partial charge is 0.319 e. The lowest BCUT2D eigenvalue weighted by Gasteiger charge is -2.10. The van der Waals surface area contributed by atoms with Crippen LogP contribution in [0.1, 0.15) is 29.8 Å². The SMILES string of the molecule is CC(C)NC(=O)c1ccc(NC(=O)NCc2ccc(Cl)cc2Cl)cc1. The molecule has 0 aliphatic heterocycles. The third-order valence-electron chi connectivity index (χ3n) is 3.28. The molecular weight excluding hydrogens is 361 g/mol. The average molecular weight is 380 g/mol. The molecule has 2 aromatic carbocycles. The molecule has 0 aromatic heterocycles. The number of hydrogen-bond donors (Lipinski definition) is 3. The zero-order valence-corrected chi connectivity index (χ0v) is 15.4. The van der Waals surface area contributed by atoms with Crippen molar-refractivity contribution in [2.24, 2.45) is 0 Å². The number of carbonyl (C=O) groups excluding carboxylic acids is 2. The predicted molar refractivity (Wildman–Crippen MR) is 101 cm³/mol. The Labute approximate surface area is 156 Å². The summed E-state index contributed by atoms with van der Waals surface area (Å²) in [6, 6.07) is 11.4. The van der Waals surface area contributed by atoms with Crippen molar-refractivity contribution in [1.29, 1.82) is 0 Å². The zero-order valence-electron chi connectivity index (χ0n) is 13.9. The number of anilines is 1. The molecule has 3 N–H and O–H groups in total. The molecule has 0 radical (unpaired) electrons. The Bertz CT molecular complexity index is 761. The molecule has 7 heteroatoms. The van der Waals surface area contributed by atoms with Gasteiger partial charge in [-0.15, -0.1) is 0 Å². The largest absolute Gasteiger partial charge is 0.350 e. The van der Waals surface area contributed by atoms with Crippen molar-refractivity contribution in [2.75, 3.05) is 5.32 Å². The van der Waals surface area contributed by atoms with Crippen LogP contribution in [-0.2, 0) is 6.54 Å². The summed E-state index contributed by atoms with van der Waals surface area (Å²) in [5.41, 5.74) is 1.88. The molecule has 0 saturated heterocycles. The number of amides is 3. The molecule has 5 nitrogen and oxygen atoms in total. The van der Waals surface area contributed by atoms with Crippen molar-refractivity contribution in [3.8, 4) is 0 Å². The molecule has 0 aliphatic rings. The zero-order chi connectivity index (χ0) is 18.4. The number of nitrogens with one attached hydrogen (secondary N) is 3. The van der Waals surface area contributed by atoms with Gasteiger partial charge in [0.2, 0.25) is 0 Å². The highest BCUT2D eigenvalue weighted by Gasteiger charge is 2.08. The summed E-state index contributed by atoms with van der Waals surface area (Å²) in [7, 11) is 0. The Morgan fingerprint density at radius 2 is 1.72 bits per heavy atom. The van der Waals surface area contributed by atoms with E-state index >= 15 is 0 Å². The van der Waals surface area contributed by atoms with Gasteiger partial charge in [-0.25, -0.2) is 4.79 Å². The molecule has 2 aromatic rings. The summed E-state index contributed by atoms with van der Waals surface area (Å²) in [5, 5.41) is 9.26. The minimum absolute atomic E-state index is 0.0655. The second kappa shape index (κ2) is 8.74. The molecule has 132 valence electrons. The van der Waals surface area contributed by atoms with E-state index in [1.54, 1.807) is 42.5 Å². The Morgan fingerprint density at radius 3 is 2.32 bits per heavy atom. The summed E-state index contributed by atoms with van der Waals surface area (Å²) in [4.78, 5) is 23.8. The highest BCUT2D eigenvalue weighted by atomic mass is 35.5. The van der Waals surface area contributed by atoms with Crippen molar-refractivity contribution >= 4 is 40.8 Å². The van der Waals surface area contributed by atoms with Crippen LogP contribution in [0.5, 0.6) is 0 Å². The van der Waals surface area contributed by atoms with E-state index in [-0.39, 0.29) is 24.5 Å². The van der Waals surface area contributed by atoms with Crippen LogP contribution in [0.25, 0.3) is 0 Å². The first-order chi connectivity index (χ1) is 11.8. The van der Waals surface area contributed by atoms with Gasteiger partial charge in [0.1, 0.15) is 0 Å². The summed E-state index contributed by atoms with van der Waals surface area (Å²) in [6.45, 7) is 4.06. The van der Waals surface area contributed by atoms with Crippen LogP contribution >= 0.6 is 23.2 Å². The molecule has 2 rings (SSSR count). The van der Waals surface area contributed by atoms with Gasteiger partial charge in [0.15, 0.2) is 0 Å². The maximum atomic E-state index is 12.0. The number of rotatable bonds is 5. The maximum Gasteiger partial charge on any atom is 0.319 e. The second-order valence-electron chi connectivity index (χ2n) is 5.75. The van der Waals surface area contributed by atoms with E-state index in [1.165, 1.54) is 0 Å². The normalized spacial score (nSPS) is 10.4. The molecule has 25 heavy (non-hydrogen) atoms. The highest BCUT2D eigenvalue weighted by Crippen LogP contribution is 2.20. The van der Waals surface area contributed by atoms with E-state index in [2.05, 4.69) is 16.0 Å². The van der Waals surface area contributed by atoms with Gasteiger partial charge in [0.05, 0.1) is 0 Å². The number of hydrogen-bond acceptors (Lipinski definition) is 2.